The van der Waals surface area contributed by atoms with E-state index >= 15 is 0 Å². The molecule has 1 aliphatic rings. The van der Waals surface area contributed by atoms with Crippen LogP contribution in [0.25, 0.3) is 0 Å². The quantitative estimate of drug-likeness (QED) is 0.282. The third-order valence-electron chi connectivity index (χ3n) is 4.74. The van der Waals surface area contributed by atoms with E-state index in [1.54, 1.807) is 20.0 Å². The van der Waals surface area contributed by atoms with Crippen molar-refractivity contribution in [2.45, 2.75) is 39.7 Å². The number of ether oxygens (including phenoxy) is 2. The van der Waals surface area contributed by atoms with Gasteiger partial charge in [-0.1, -0.05) is 26.3 Å². The number of nitrogens with one attached hydrogen (secondary N) is 1. The van der Waals surface area contributed by atoms with Crippen LogP contribution in [0.2, 0.25) is 0 Å². The summed E-state index contributed by atoms with van der Waals surface area (Å²) in [6.07, 6.45) is 9.43. The molecule has 31 heavy (non-hydrogen) atoms. The molecule has 0 spiro atoms. The minimum Gasteiger partial charge on any atom is -0.473 e. The van der Waals surface area contributed by atoms with Crippen molar-refractivity contribution in [1.82, 2.24) is 15.2 Å². The lowest BCUT2D eigenvalue weighted by Gasteiger charge is -2.26. The number of piperidine rings is 1. The fraction of sp³-hybridized carbons (Fsp3) is 0.609. The monoisotopic (exact) mass is 449 g/mol. The summed E-state index contributed by atoms with van der Waals surface area (Å²) in [5.74, 6) is 1.21. The Labute approximate surface area is 190 Å². The number of hydrogen-bond acceptors (Lipinski definition) is 7. The van der Waals surface area contributed by atoms with Gasteiger partial charge in [-0.3, -0.25) is 14.5 Å². The molecule has 2 heterocycles. The van der Waals surface area contributed by atoms with Gasteiger partial charge in [-0.15, -0.1) is 11.8 Å². The first-order valence-corrected chi connectivity index (χ1v) is 12.2. The number of rotatable bonds is 13. The van der Waals surface area contributed by atoms with Crippen LogP contribution in [0.5, 0.6) is 5.88 Å². The molecule has 0 radical (unpaired) electrons. The highest BCUT2D eigenvalue weighted by molar-refractivity contribution is 7.99. The van der Waals surface area contributed by atoms with Gasteiger partial charge in [0.1, 0.15) is 13.2 Å². The third-order valence-corrected chi connectivity index (χ3v) is 5.66. The lowest BCUT2D eigenvalue weighted by atomic mass is 10.1. The van der Waals surface area contributed by atoms with Crippen LogP contribution in [-0.4, -0.2) is 66.1 Å². The van der Waals surface area contributed by atoms with Gasteiger partial charge in [-0.25, -0.2) is 4.98 Å². The summed E-state index contributed by atoms with van der Waals surface area (Å²) >= 11 is 1.44. The smallest absolute Gasteiger partial charge is 0.308 e. The molecule has 1 aromatic rings. The van der Waals surface area contributed by atoms with Crippen LogP contribution in [0.3, 0.4) is 0 Å². The van der Waals surface area contributed by atoms with Gasteiger partial charge >= 0.3 is 5.97 Å². The van der Waals surface area contributed by atoms with Crippen molar-refractivity contribution in [2.75, 3.05) is 44.4 Å². The molecule has 0 aromatic carbocycles. The molecule has 8 heteroatoms. The van der Waals surface area contributed by atoms with Gasteiger partial charge < -0.3 is 14.8 Å². The first kappa shape index (κ1) is 25.2. The Hall–Kier alpha value is -2.06. The average Bonchev–Trinajstić information content (AvgIpc) is 2.76. The van der Waals surface area contributed by atoms with Gasteiger partial charge in [0.25, 0.3) is 0 Å². The van der Waals surface area contributed by atoms with Gasteiger partial charge in [0.15, 0.2) is 0 Å². The van der Waals surface area contributed by atoms with Crippen molar-refractivity contribution in [2.24, 2.45) is 5.92 Å². The molecule has 172 valence electrons. The normalized spacial score (nSPS) is 14.7. The summed E-state index contributed by atoms with van der Waals surface area (Å²) in [5, 5.41) is 2.82. The number of aromatic nitrogens is 1. The number of esters is 1. The minimum atomic E-state index is -0.207. The topological polar surface area (TPSA) is 80.8 Å². The molecule has 1 N–H and O–H groups in total. The van der Waals surface area contributed by atoms with E-state index in [0.29, 0.717) is 37.1 Å². The molecule has 0 aliphatic carbocycles. The van der Waals surface area contributed by atoms with Gasteiger partial charge in [0.05, 0.1) is 11.7 Å². The summed E-state index contributed by atoms with van der Waals surface area (Å²) < 4.78 is 10.8. The van der Waals surface area contributed by atoms with Crippen molar-refractivity contribution in [3.63, 3.8) is 0 Å². The Balaban J connectivity index is 1.53. The molecule has 0 bridgehead atoms. The molecule has 2 rings (SSSR count). The summed E-state index contributed by atoms with van der Waals surface area (Å²) in [6, 6.07) is 4.04. The van der Waals surface area contributed by atoms with E-state index < -0.39 is 0 Å². The molecule has 1 aliphatic heterocycles. The largest absolute Gasteiger partial charge is 0.473 e. The summed E-state index contributed by atoms with van der Waals surface area (Å²) in [6.45, 7) is 8.06. The molecule has 1 saturated heterocycles. The fourth-order valence-corrected chi connectivity index (χ4v) is 3.68. The summed E-state index contributed by atoms with van der Waals surface area (Å²) in [7, 11) is 0. The SMILES string of the molecule is CC(C)C(=O)OCCSCC(=O)NCC=CCOc1cc(CN2CCCCC2)ccn1. The predicted molar refractivity (Wildman–Crippen MR) is 124 cm³/mol. The second kappa shape index (κ2) is 14.9. The zero-order chi connectivity index (χ0) is 22.3. The van der Waals surface area contributed by atoms with Crippen molar-refractivity contribution in [1.29, 1.82) is 0 Å². The Kier molecular flexibility index (Phi) is 12.1. The van der Waals surface area contributed by atoms with Crippen molar-refractivity contribution in [3.05, 3.63) is 36.0 Å². The van der Waals surface area contributed by atoms with Crippen LogP contribution in [0, 0.1) is 5.92 Å². The highest BCUT2D eigenvalue weighted by Crippen LogP contribution is 2.15. The lowest BCUT2D eigenvalue weighted by Crippen LogP contribution is -2.29. The Morgan fingerprint density at radius 3 is 2.84 bits per heavy atom. The lowest BCUT2D eigenvalue weighted by molar-refractivity contribution is -0.146. The van der Waals surface area contributed by atoms with Gasteiger partial charge in [0.2, 0.25) is 11.8 Å². The number of carbonyl (C=O) groups is 2. The fourth-order valence-electron chi connectivity index (χ4n) is 3.04. The van der Waals surface area contributed by atoms with Gasteiger partial charge in [0, 0.05) is 31.1 Å². The van der Waals surface area contributed by atoms with Gasteiger partial charge in [-0.05, 0) is 43.6 Å². The van der Waals surface area contributed by atoms with E-state index in [1.807, 2.05) is 24.3 Å². The number of likely N-dealkylation sites (tertiary alicyclic amines) is 1. The Morgan fingerprint density at radius 1 is 1.26 bits per heavy atom. The van der Waals surface area contributed by atoms with Crippen LogP contribution < -0.4 is 10.1 Å². The molecular formula is C23H35N3O4S. The second-order valence-electron chi connectivity index (χ2n) is 7.80. The molecule has 0 unspecified atom stereocenters. The summed E-state index contributed by atoms with van der Waals surface area (Å²) in [5.41, 5.74) is 1.22. The van der Waals surface area contributed by atoms with E-state index in [4.69, 9.17) is 9.47 Å². The third kappa shape index (κ3) is 11.2. The average molecular weight is 450 g/mol. The standard InChI is InChI=1S/C23H35N3O4S/c1-19(2)23(28)30-14-15-31-18-21(27)24-9-4-7-13-29-22-16-20(8-10-25-22)17-26-11-5-3-6-12-26/h4,7-8,10,16,19H,3,5-6,9,11-15,17-18H2,1-2H3,(H,24,27). The molecule has 0 saturated carbocycles. The highest BCUT2D eigenvalue weighted by Gasteiger charge is 2.11. The number of hydrogen-bond donors (Lipinski definition) is 1. The van der Waals surface area contributed by atoms with Crippen molar-refractivity contribution < 1.29 is 19.1 Å². The van der Waals surface area contributed by atoms with E-state index in [9.17, 15) is 9.59 Å². The van der Waals surface area contributed by atoms with E-state index in [2.05, 4.69) is 15.2 Å². The maximum absolute atomic E-state index is 11.8. The number of pyridine rings is 1. The molecule has 1 aromatic heterocycles. The van der Waals surface area contributed by atoms with Crippen molar-refractivity contribution in [3.8, 4) is 5.88 Å². The van der Waals surface area contributed by atoms with Crippen LogP contribution in [0.4, 0.5) is 0 Å². The Bertz CT molecular complexity index is 706. The molecule has 0 atom stereocenters. The first-order valence-electron chi connectivity index (χ1n) is 11.0. The predicted octanol–water partition coefficient (Wildman–Crippen LogP) is 3.05. The van der Waals surface area contributed by atoms with E-state index in [0.717, 1.165) is 19.6 Å². The first-order chi connectivity index (χ1) is 15.0. The number of thioether (sulfide) groups is 1. The maximum Gasteiger partial charge on any atom is 0.308 e. The van der Waals surface area contributed by atoms with Crippen LogP contribution in [0.1, 0.15) is 38.7 Å². The van der Waals surface area contributed by atoms with Crippen LogP contribution in [0.15, 0.2) is 30.5 Å². The zero-order valence-corrected chi connectivity index (χ0v) is 19.5. The molecule has 7 nitrogen and oxygen atoms in total. The number of amides is 1. The zero-order valence-electron chi connectivity index (χ0n) is 18.7. The Morgan fingerprint density at radius 2 is 2.06 bits per heavy atom. The maximum atomic E-state index is 11.8. The van der Waals surface area contributed by atoms with E-state index in [1.165, 1.54) is 36.6 Å². The summed E-state index contributed by atoms with van der Waals surface area (Å²) in [4.78, 5) is 29.8. The molecule has 1 amide bonds. The number of nitrogens with zero attached hydrogens (tertiary/aromatic N) is 2. The molecule has 1 fully saturated rings. The van der Waals surface area contributed by atoms with E-state index in [-0.39, 0.29) is 17.8 Å². The molecular weight excluding hydrogens is 414 g/mol. The minimum absolute atomic E-state index is 0.0437. The van der Waals surface area contributed by atoms with Crippen molar-refractivity contribution >= 4 is 23.6 Å². The van der Waals surface area contributed by atoms with Gasteiger partial charge in [-0.2, -0.15) is 0 Å². The number of carbonyl (C=O) groups excluding carboxylic acids is 2. The highest BCUT2D eigenvalue weighted by atomic mass is 32.2. The second-order valence-corrected chi connectivity index (χ2v) is 8.91. The van der Waals surface area contributed by atoms with Crippen LogP contribution >= 0.6 is 11.8 Å². The van der Waals surface area contributed by atoms with Crippen LogP contribution in [-0.2, 0) is 20.9 Å².